The zero-order valence-electron chi connectivity index (χ0n) is 14.6. The highest BCUT2D eigenvalue weighted by molar-refractivity contribution is 5.89. The van der Waals surface area contributed by atoms with Gasteiger partial charge in [-0.05, 0) is 41.7 Å². The number of ether oxygens (including phenoxy) is 1. The molecule has 140 valence electrons. The maximum atomic E-state index is 13.5. The van der Waals surface area contributed by atoms with E-state index in [-0.39, 0.29) is 23.6 Å². The first kappa shape index (κ1) is 17.6. The molecule has 1 aliphatic carbocycles. The average Bonchev–Trinajstić information content (AvgIpc) is 3.15. The topological polar surface area (TPSA) is 38.3 Å². The molecule has 3 nitrogen and oxygen atoms in total. The predicted octanol–water partition coefficient (Wildman–Crippen LogP) is 5.32. The second-order valence-corrected chi connectivity index (χ2v) is 6.86. The molecule has 2 aliphatic rings. The van der Waals surface area contributed by atoms with Gasteiger partial charge in [0.2, 0.25) is 0 Å². The lowest BCUT2D eigenvalue weighted by Crippen LogP contribution is -2.30. The van der Waals surface area contributed by atoms with Crippen LogP contribution in [0.2, 0.25) is 0 Å². The van der Waals surface area contributed by atoms with Gasteiger partial charge < -0.3 is 10.1 Å². The van der Waals surface area contributed by atoms with E-state index in [1.165, 1.54) is 13.2 Å². The van der Waals surface area contributed by atoms with E-state index in [1.54, 1.807) is 30.3 Å². The zero-order chi connectivity index (χ0) is 19.2. The number of esters is 1. The molecule has 0 saturated carbocycles. The highest BCUT2D eigenvalue weighted by atomic mass is 19.4. The summed E-state index contributed by atoms with van der Waals surface area (Å²) < 4.78 is 45.3. The van der Waals surface area contributed by atoms with Crippen LogP contribution in [0.5, 0.6) is 0 Å². The molecule has 3 atom stereocenters. The van der Waals surface area contributed by atoms with E-state index in [4.69, 9.17) is 4.74 Å². The normalized spacial score (nSPS) is 23.3. The third-order valence-electron chi connectivity index (χ3n) is 5.39. The van der Waals surface area contributed by atoms with Gasteiger partial charge >= 0.3 is 12.1 Å². The third-order valence-corrected chi connectivity index (χ3v) is 5.39. The van der Waals surface area contributed by atoms with Crippen molar-refractivity contribution >= 4 is 11.7 Å². The predicted molar refractivity (Wildman–Crippen MR) is 95.6 cm³/mol. The first-order chi connectivity index (χ1) is 12.9. The molecular weight excluding hydrogens is 355 g/mol. The van der Waals surface area contributed by atoms with E-state index < -0.39 is 17.7 Å². The number of allylic oxidation sites excluding steroid dienone is 2. The molecule has 0 amide bonds. The van der Waals surface area contributed by atoms with Crippen LogP contribution in [-0.4, -0.2) is 13.1 Å². The molecule has 0 unspecified atom stereocenters. The first-order valence-corrected chi connectivity index (χ1v) is 8.71. The van der Waals surface area contributed by atoms with Gasteiger partial charge in [0.15, 0.2) is 0 Å². The summed E-state index contributed by atoms with van der Waals surface area (Å²) >= 11 is 0. The Morgan fingerprint density at radius 2 is 1.89 bits per heavy atom. The molecular formula is C21H18F3NO2. The number of anilines is 1. The quantitative estimate of drug-likeness (QED) is 0.572. The number of nitrogens with one attached hydrogen (secondary N) is 1. The molecule has 0 fully saturated rings. The van der Waals surface area contributed by atoms with Gasteiger partial charge in [0.1, 0.15) is 0 Å². The fraction of sp³-hybridized carbons (Fsp3) is 0.286. The molecule has 1 aliphatic heterocycles. The highest BCUT2D eigenvalue weighted by Gasteiger charge is 2.42. The second-order valence-electron chi connectivity index (χ2n) is 6.86. The van der Waals surface area contributed by atoms with Gasteiger partial charge in [0, 0.05) is 5.92 Å². The summed E-state index contributed by atoms with van der Waals surface area (Å²) in [4.78, 5) is 11.6. The Morgan fingerprint density at radius 3 is 2.56 bits per heavy atom. The molecule has 4 rings (SSSR count). The van der Waals surface area contributed by atoms with Crippen LogP contribution in [-0.2, 0) is 10.9 Å². The molecule has 6 heteroatoms. The molecule has 27 heavy (non-hydrogen) atoms. The molecule has 1 heterocycles. The Balaban J connectivity index is 1.76. The fourth-order valence-electron chi connectivity index (χ4n) is 4.13. The number of carbonyl (C=O) groups excluding carboxylic acids is 1. The Hall–Kier alpha value is -2.76. The molecule has 0 saturated heterocycles. The molecule has 1 N–H and O–H groups in total. The van der Waals surface area contributed by atoms with E-state index in [2.05, 4.69) is 5.32 Å². The zero-order valence-corrected chi connectivity index (χ0v) is 14.6. The standard InChI is InChI=1S/C21H18F3NO2/c1-27-20(26)13-10-8-12(9-11-13)18-15-5-2-4-14(15)16-6-3-7-17(19(16)25-18)21(22,23)24/h2-4,6-11,14-15,18,25H,5H2,1H3/t14-,15-,18+/m0/s1. The third kappa shape index (κ3) is 2.99. The van der Waals surface area contributed by atoms with Gasteiger partial charge in [-0.2, -0.15) is 13.2 Å². The second kappa shape index (κ2) is 6.44. The summed E-state index contributed by atoms with van der Waals surface area (Å²) in [5.74, 6) is -0.373. The lowest BCUT2D eigenvalue weighted by Gasteiger charge is -2.38. The van der Waals surface area contributed by atoms with Crippen LogP contribution in [0.1, 0.15) is 45.4 Å². The van der Waals surface area contributed by atoms with Crippen molar-refractivity contribution in [3.63, 3.8) is 0 Å². The number of para-hydroxylation sites is 1. The molecule has 0 aromatic heterocycles. The number of rotatable bonds is 2. The summed E-state index contributed by atoms with van der Waals surface area (Å²) in [5.41, 5.74) is 1.46. The Bertz CT molecular complexity index is 903. The molecule has 2 aromatic rings. The number of benzene rings is 2. The van der Waals surface area contributed by atoms with Crippen LogP contribution in [0.25, 0.3) is 0 Å². The summed E-state index contributed by atoms with van der Waals surface area (Å²) in [6.07, 6.45) is 0.395. The van der Waals surface area contributed by atoms with Gasteiger partial charge in [0.25, 0.3) is 0 Å². The van der Waals surface area contributed by atoms with Crippen molar-refractivity contribution in [3.05, 3.63) is 76.9 Å². The SMILES string of the molecule is COC(=O)c1ccc([C@H]2Nc3c(cccc3C(F)(F)F)[C@H]3C=CC[C@@H]32)cc1. The minimum Gasteiger partial charge on any atom is -0.465 e. The van der Waals surface area contributed by atoms with E-state index in [9.17, 15) is 18.0 Å². The lowest BCUT2D eigenvalue weighted by atomic mass is 9.76. The van der Waals surface area contributed by atoms with Crippen LogP contribution in [0.4, 0.5) is 18.9 Å². The van der Waals surface area contributed by atoms with Gasteiger partial charge in [-0.25, -0.2) is 4.79 Å². The molecule has 2 aromatic carbocycles. The summed E-state index contributed by atoms with van der Waals surface area (Å²) in [7, 11) is 1.31. The summed E-state index contributed by atoms with van der Waals surface area (Å²) in [6.45, 7) is 0. The van der Waals surface area contributed by atoms with Crippen molar-refractivity contribution in [1.29, 1.82) is 0 Å². The van der Waals surface area contributed by atoms with Crippen molar-refractivity contribution in [1.82, 2.24) is 0 Å². The maximum Gasteiger partial charge on any atom is 0.418 e. The Morgan fingerprint density at radius 1 is 1.15 bits per heavy atom. The van der Waals surface area contributed by atoms with Crippen LogP contribution < -0.4 is 5.32 Å². The number of methoxy groups -OCH3 is 1. The minimum absolute atomic E-state index is 0.0613. The van der Waals surface area contributed by atoms with Gasteiger partial charge in [-0.15, -0.1) is 0 Å². The van der Waals surface area contributed by atoms with Crippen molar-refractivity contribution < 1.29 is 22.7 Å². The number of halogens is 3. The molecule has 0 radical (unpaired) electrons. The van der Waals surface area contributed by atoms with Gasteiger partial charge in [-0.3, -0.25) is 0 Å². The maximum absolute atomic E-state index is 13.5. The molecule has 0 bridgehead atoms. The highest BCUT2D eigenvalue weighted by Crippen LogP contribution is 2.52. The first-order valence-electron chi connectivity index (χ1n) is 8.71. The Labute approximate surface area is 154 Å². The fourth-order valence-corrected chi connectivity index (χ4v) is 4.13. The van der Waals surface area contributed by atoms with Crippen molar-refractivity contribution in [3.8, 4) is 0 Å². The van der Waals surface area contributed by atoms with Crippen LogP contribution in [0.15, 0.2) is 54.6 Å². The van der Waals surface area contributed by atoms with Gasteiger partial charge in [-0.1, -0.05) is 36.4 Å². The lowest BCUT2D eigenvalue weighted by molar-refractivity contribution is -0.137. The van der Waals surface area contributed by atoms with Crippen LogP contribution in [0, 0.1) is 5.92 Å². The number of fused-ring (bicyclic) bond motifs is 3. The number of alkyl halides is 3. The van der Waals surface area contributed by atoms with E-state index in [1.807, 2.05) is 12.2 Å². The van der Waals surface area contributed by atoms with Crippen molar-refractivity contribution in [2.75, 3.05) is 12.4 Å². The number of carbonyl (C=O) groups is 1. The minimum atomic E-state index is -4.42. The summed E-state index contributed by atoms with van der Waals surface area (Å²) in [6, 6.07) is 10.9. The molecule has 0 spiro atoms. The van der Waals surface area contributed by atoms with Crippen LogP contribution in [0.3, 0.4) is 0 Å². The van der Waals surface area contributed by atoms with Crippen LogP contribution >= 0.6 is 0 Å². The van der Waals surface area contributed by atoms with Crippen molar-refractivity contribution in [2.24, 2.45) is 5.92 Å². The van der Waals surface area contributed by atoms with E-state index in [0.717, 1.165) is 18.1 Å². The summed E-state index contributed by atoms with van der Waals surface area (Å²) in [5, 5.41) is 3.15. The monoisotopic (exact) mass is 373 g/mol. The largest absolute Gasteiger partial charge is 0.465 e. The van der Waals surface area contributed by atoms with E-state index >= 15 is 0 Å². The van der Waals surface area contributed by atoms with E-state index in [0.29, 0.717) is 11.1 Å². The van der Waals surface area contributed by atoms with Gasteiger partial charge in [0.05, 0.1) is 30.0 Å². The number of hydrogen-bond acceptors (Lipinski definition) is 3. The number of hydrogen-bond donors (Lipinski definition) is 1. The average molecular weight is 373 g/mol. The smallest absolute Gasteiger partial charge is 0.418 e. The Kier molecular flexibility index (Phi) is 4.21. The van der Waals surface area contributed by atoms with Crippen molar-refractivity contribution in [2.45, 2.75) is 24.6 Å².